The molecule has 0 spiro atoms. The van der Waals surface area contributed by atoms with E-state index in [2.05, 4.69) is 17.0 Å². The summed E-state index contributed by atoms with van der Waals surface area (Å²) in [5, 5.41) is 10.6. The van der Waals surface area contributed by atoms with Gasteiger partial charge in [0.25, 0.3) is 16.8 Å². The minimum absolute atomic E-state index is 0.0105. The van der Waals surface area contributed by atoms with Crippen molar-refractivity contribution in [1.82, 2.24) is 4.90 Å². The van der Waals surface area contributed by atoms with Crippen LogP contribution in [-0.4, -0.2) is 34.1 Å². The molecule has 0 bridgehead atoms. The van der Waals surface area contributed by atoms with E-state index < -0.39 is 4.92 Å². The highest BCUT2D eigenvalue weighted by Gasteiger charge is 2.35. The van der Waals surface area contributed by atoms with Crippen molar-refractivity contribution in [2.24, 2.45) is 0 Å². The minimum Gasteiger partial charge on any atom is -0.372 e. The van der Waals surface area contributed by atoms with Gasteiger partial charge in [-0.1, -0.05) is 18.2 Å². The first-order valence-electron chi connectivity index (χ1n) is 10.3. The molecule has 0 aromatic heterocycles. The zero-order valence-corrected chi connectivity index (χ0v) is 18.1. The van der Waals surface area contributed by atoms with Gasteiger partial charge in [0.1, 0.15) is 0 Å². The highest BCUT2D eigenvalue weighted by atomic mass is 32.2. The number of benzene rings is 2. The van der Waals surface area contributed by atoms with Crippen LogP contribution in [0.1, 0.15) is 36.0 Å². The molecule has 0 atom stereocenters. The lowest BCUT2D eigenvalue weighted by atomic mass is 10.0. The Morgan fingerprint density at radius 3 is 2.58 bits per heavy atom. The number of anilines is 1. The number of piperidine rings is 1. The van der Waals surface area contributed by atoms with Crippen LogP contribution in [-0.2, 0) is 11.3 Å². The number of thioether (sulfide) groups is 1. The number of amides is 2. The van der Waals surface area contributed by atoms with Crippen LogP contribution in [0.3, 0.4) is 0 Å². The van der Waals surface area contributed by atoms with Crippen LogP contribution >= 0.6 is 11.8 Å². The van der Waals surface area contributed by atoms with Gasteiger partial charge >= 0.3 is 0 Å². The van der Waals surface area contributed by atoms with E-state index in [1.807, 2.05) is 13.0 Å². The van der Waals surface area contributed by atoms with Crippen molar-refractivity contribution in [3.8, 4) is 0 Å². The predicted octanol–water partition coefficient (Wildman–Crippen LogP) is 5.13. The van der Waals surface area contributed by atoms with Gasteiger partial charge in [-0.15, -0.1) is 0 Å². The lowest BCUT2D eigenvalue weighted by Gasteiger charge is -2.29. The second kappa shape index (κ2) is 8.93. The summed E-state index contributed by atoms with van der Waals surface area (Å²) in [7, 11) is 0. The van der Waals surface area contributed by atoms with E-state index in [1.165, 1.54) is 37.1 Å². The molecule has 0 saturated carbocycles. The molecular weight excluding hydrogens is 414 g/mol. The van der Waals surface area contributed by atoms with Crippen LogP contribution in [0.5, 0.6) is 0 Å². The molecule has 2 aliphatic heterocycles. The number of hydrogen-bond acceptors (Lipinski definition) is 6. The Kier molecular flexibility index (Phi) is 6.08. The molecule has 2 aromatic rings. The Morgan fingerprint density at radius 2 is 1.87 bits per heavy atom. The summed E-state index contributed by atoms with van der Waals surface area (Å²) in [4.78, 5) is 39.6. The number of carbonyl (C=O) groups excluding carboxylic acids is 2. The van der Waals surface area contributed by atoms with Gasteiger partial charge in [0.2, 0.25) is 0 Å². The van der Waals surface area contributed by atoms with Gasteiger partial charge in [0, 0.05) is 30.9 Å². The first-order chi connectivity index (χ1) is 14.9. The molecule has 2 aliphatic rings. The monoisotopic (exact) mass is 437 g/mol. The Balaban J connectivity index is 1.51. The van der Waals surface area contributed by atoms with E-state index in [0.717, 1.165) is 40.9 Å². The third kappa shape index (κ3) is 4.64. The van der Waals surface area contributed by atoms with E-state index in [9.17, 15) is 19.7 Å². The first-order valence-corrected chi connectivity index (χ1v) is 11.1. The van der Waals surface area contributed by atoms with Crippen LogP contribution in [0, 0.1) is 17.0 Å². The number of non-ortho nitro benzene ring substituents is 1. The Morgan fingerprint density at radius 1 is 1.10 bits per heavy atom. The molecule has 8 heteroatoms. The average molecular weight is 438 g/mol. The number of rotatable bonds is 5. The van der Waals surface area contributed by atoms with Crippen LogP contribution in [0.4, 0.5) is 16.2 Å². The van der Waals surface area contributed by atoms with Crippen LogP contribution in [0.15, 0.2) is 47.4 Å². The fourth-order valence-corrected chi connectivity index (χ4v) is 4.73. The van der Waals surface area contributed by atoms with Crippen LogP contribution in [0.25, 0.3) is 6.08 Å². The van der Waals surface area contributed by atoms with E-state index >= 15 is 0 Å². The molecule has 0 aliphatic carbocycles. The fourth-order valence-electron chi connectivity index (χ4n) is 3.90. The molecule has 0 N–H and O–H groups in total. The summed E-state index contributed by atoms with van der Waals surface area (Å²) in [5.41, 5.74) is 3.62. The average Bonchev–Trinajstić information content (AvgIpc) is 3.03. The lowest BCUT2D eigenvalue weighted by Crippen LogP contribution is -2.29. The molecule has 2 amide bonds. The summed E-state index contributed by atoms with van der Waals surface area (Å²) < 4.78 is 0. The predicted molar refractivity (Wildman–Crippen MR) is 122 cm³/mol. The topological polar surface area (TPSA) is 83.8 Å². The van der Waals surface area contributed by atoms with Gasteiger partial charge in [-0.3, -0.25) is 24.6 Å². The molecule has 2 heterocycles. The number of imide groups is 1. The van der Waals surface area contributed by atoms with Gasteiger partial charge in [-0.05, 0) is 72.8 Å². The van der Waals surface area contributed by atoms with Crippen molar-refractivity contribution < 1.29 is 14.5 Å². The molecule has 0 unspecified atom stereocenters. The summed E-state index contributed by atoms with van der Waals surface area (Å²) in [5.74, 6) is -0.374. The highest BCUT2D eigenvalue weighted by Crippen LogP contribution is 2.34. The maximum Gasteiger partial charge on any atom is 0.293 e. The maximum atomic E-state index is 12.8. The number of nitro benzene ring substituents is 1. The van der Waals surface area contributed by atoms with Gasteiger partial charge in [-0.25, -0.2) is 0 Å². The third-order valence-electron chi connectivity index (χ3n) is 5.60. The Bertz CT molecular complexity index is 1080. The molecule has 160 valence electrons. The summed E-state index contributed by atoms with van der Waals surface area (Å²) in [6.07, 6.45) is 5.45. The number of nitro groups is 1. The summed E-state index contributed by atoms with van der Waals surface area (Å²) >= 11 is 0.902. The van der Waals surface area contributed by atoms with Crippen LogP contribution in [0.2, 0.25) is 0 Å². The van der Waals surface area contributed by atoms with Crippen molar-refractivity contribution in [3.63, 3.8) is 0 Å². The molecular formula is C23H23N3O4S. The quantitative estimate of drug-likeness (QED) is 0.366. The SMILES string of the molecule is Cc1cc(N2CCCCC2)ccc1/C=C1\SC(=O)N(Cc2cccc([N+](=O)[O-])c2)C1=O. The summed E-state index contributed by atoms with van der Waals surface area (Å²) in [6, 6.07) is 12.2. The van der Waals surface area contributed by atoms with Crippen molar-refractivity contribution in [3.05, 3.63) is 74.2 Å². The maximum absolute atomic E-state index is 12.8. The molecule has 2 fully saturated rings. The smallest absolute Gasteiger partial charge is 0.293 e. The van der Waals surface area contributed by atoms with Crippen molar-refractivity contribution in [1.29, 1.82) is 0 Å². The second-order valence-corrected chi connectivity index (χ2v) is 8.78. The van der Waals surface area contributed by atoms with Gasteiger partial charge in [0.05, 0.1) is 16.4 Å². The van der Waals surface area contributed by atoms with Crippen LogP contribution < -0.4 is 4.90 Å². The van der Waals surface area contributed by atoms with E-state index in [0.29, 0.717) is 10.5 Å². The second-order valence-electron chi connectivity index (χ2n) is 7.78. The molecule has 2 aromatic carbocycles. The van der Waals surface area contributed by atoms with Crippen molar-refractivity contribution >= 4 is 40.4 Å². The molecule has 7 nitrogen and oxygen atoms in total. The van der Waals surface area contributed by atoms with E-state index in [1.54, 1.807) is 18.2 Å². The Hall–Kier alpha value is -3.13. The van der Waals surface area contributed by atoms with Crippen molar-refractivity contribution in [2.45, 2.75) is 32.7 Å². The van der Waals surface area contributed by atoms with Crippen molar-refractivity contribution in [2.75, 3.05) is 18.0 Å². The molecule has 31 heavy (non-hydrogen) atoms. The number of nitrogens with zero attached hydrogens (tertiary/aromatic N) is 3. The summed E-state index contributed by atoms with van der Waals surface area (Å²) in [6.45, 7) is 4.15. The van der Waals surface area contributed by atoms with Gasteiger partial charge in [-0.2, -0.15) is 0 Å². The lowest BCUT2D eigenvalue weighted by molar-refractivity contribution is -0.384. The standard InChI is InChI=1S/C23H23N3O4S/c1-16-12-19(24-10-3-2-4-11-24)9-8-18(16)14-21-22(27)25(23(28)31-21)15-17-6-5-7-20(13-17)26(29)30/h5-9,12-14H,2-4,10-11,15H2,1H3/b21-14-. The minimum atomic E-state index is -0.493. The van der Waals surface area contributed by atoms with E-state index in [-0.39, 0.29) is 23.4 Å². The zero-order valence-electron chi connectivity index (χ0n) is 17.2. The molecule has 0 radical (unpaired) electrons. The molecule has 2 saturated heterocycles. The van der Waals surface area contributed by atoms with Gasteiger partial charge in [0.15, 0.2) is 0 Å². The first kappa shape index (κ1) is 21.1. The number of hydrogen-bond donors (Lipinski definition) is 0. The number of aryl methyl sites for hydroxylation is 1. The normalized spacial score (nSPS) is 18.2. The number of carbonyl (C=O) groups is 2. The third-order valence-corrected chi connectivity index (χ3v) is 6.50. The van der Waals surface area contributed by atoms with Gasteiger partial charge < -0.3 is 4.90 Å². The van der Waals surface area contributed by atoms with E-state index in [4.69, 9.17) is 0 Å². The Labute approximate surface area is 184 Å². The fraction of sp³-hybridized carbons (Fsp3) is 0.304. The zero-order chi connectivity index (χ0) is 22.0. The molecule has 4 rings (SSSR count). The highest BCUT2D eigenvalue weighted by molar-refractivity contribution is 8.18. The largest absolute Gasteiger partial charge is 0.372 e.